The normalized spacial score (nSPS) is 15.8. The lowest BCUT2D eigenvalue weighted by Gasteiger charge is -2.23. The van der Waals surface area contributed by atoms with E-state index >= 15 is 0 Å². The van der Waals surface area contributed by atoms with E-state index in [9.17, 15) is 4.79 Å². The summed E-state index contributed by atoms with van der Waals surface area (Å²) < 4.78 is 0. The van der Waals surface area contributed by atoms with Crippen LogP contribution in [0.3, 0.4) is 0 Å². The van der Waals surface area contributed by atoms with Gasteiger partial charge in [-0.05, 0) is 63.6 Å². The standard InChI is InChI=1S/C16H24N2O/c1-11(2)17-16(19)12(3)18-15-10-6-8-13-7-4-5-9-14(13)15/h6,8,10-12,18H,4-5,7,9H2,1-3H3,(H,17,19). The van der Waals surface area contributed by atoms with E-state index < -0.39 is 0 Å². The van der Waals surface area contributed by atoms with Crippen molar-refractivity contribution in [2.24, 2.45) is 0 Å². The lowest BCUT2D eigenvalue weighted by molar-refractivity contribution is -0.122. The fraction of sp³-hybridized carbons (Fsp3) is 0.562. The maximum Gasteiger partial charge on any atom is 0.242 e. The average Bonchev–Trinajstić information content (AvgIpc) is 2.38. The number of anilines is 1. The van der Waals surface area contributed by atoms with Crippen molar-refractivity contribution in [3.63, 3.8) is 0 Å². The number of benzene rings is 1. The van der Waals surface area contributed by atoms with E-state index in [2.05, 4.69) is 28.8 Å². The number of hydrogen-bond donors (Lipinski definition) is 2. The Morgan fingerprint density at radius 3 is 2.63 bits per heavy atom. The predicted molar refractivity (Wildman–Crippen MR) is 79.4 cm³/mol. The molecule has 0 aliphatic heterocycles. The Balaban J connectivity index is 2.08. The van der Waals surface area contributed by atoms with Gasteiger partial charge in [0.05, 0.1) is 0 Å². The molecule has 0 aromatic heterocycles. The van der Waals surface area contributed by atoms with E-state index in [1.165, 1.54) is 24.0 Å². The number of fused-ring (bicyclic) bond motifs is 1. The monoisotopic (exact) mass is 260 g/mol. The summed E-state index contributed by atoms with van der Waals surface area (Å²) >= 11 is 0. The second kappa shape index (κ2) is 6.09. The Hall–Kier alpha value is -1.51. The quantitative estimate of drug-likeness (QED) is 0.874. The van der Waals surface area contributed by atoms with Gasteiger partial charge in [-0.3, -0.25) is 4.79 Å². The highest BCUT2D eigenvalue weighted by Crippen LogP contribution is 2.28. The molecule has 0 spiro atoms. The zero-order valence-corrected chi connectivity index (χ0v) is 12.1. The molecule has 1 aromatic carbocycles. The van der Waals surface area contributed by atoms with Gasteiger partial charge in [-0.15, -0.1) is 0 Å². The molecule has 104 valence electrons. The van der Waals surface area contributed by atoms with E-state index in [4.69, 9.17) is 0 Å². The van der Waals surface area contributed by atoms with Crippen molar-refractivity contribution in [2.45, 2.75) is 58.5 Å². The van der Waals surface area contributed by atoms with Gasteiger partial charge in [0.25, 0.3) is 0 Å². The molecule has 1 aliphatic carbocycles. The third kappa shape index (κ3) is 3.49. The first-order valence-corrected chi connectivity index (χ1v) is 7.25. The van der Waals surface area contributed by atoms with Crippen LogP contribution in [-0.4, -0.2) is 18.0 Å². The van der Waals surface area contributed by atoms with E-state index in [1.54, 1.807) is 0 Å². The molecule has 0 heterocycles. The molecule has 2 N–H and O–H groups in total. The molecule has 19 heavy (non-hydrogen) atoms. The van der Waals surface area contributed by atoms with E-state index in [0.717, 1.165) is 18.5 Å². The summed E-state index contributed by atoms with van der Waals surface area (Å²) in [5.41, 5.74) is 3.97. The molecule has 2 rings (SSSR count). The number of hydrogen-bond acceptors (Lipinski definition) is 2. The van der Waals surface area contributed by atoms with Crippen molar-refractivity contribution in [3.05, 3.63) is 29.3 Å². The molecule has 0 radical (unpaired) electrons. The van der Waals surface area contributed by atoms with Crippen LogP contribution in [0.15, 0.2) is 18.2 Å². The second-order valence-corrected chi connectivity index (χ2v) is 5.68. The highest BCUT2D eigenvalue weighted by molar-refractivity contribution is 5.84. The Labute approximate surface area is 115 Å². The molecule has 1 aromatic rings. The SMILES string of the molecule is CC(C)NC(=O)C(C)Nc1cccc2c1CCCC2. The van der Waals surface area contributed by atoms with Gasteiger partial charge in [-0.2, -0.15) is 0 Å². The first kappa shape index (κ1) is 13.9. The van der Waals surface area contributed by atoms with Crippen molar-refractivity contribution in [2.75, 3.05) is 5.32 Å². The summed E-state index contributed by atoms with van der Waals surface area (Å²) in [5.74, 6) is 0.0587. The molecule has 1 unspecified atom stereocenters. The largest absolute Gasteiger partial charge is 0.374 e. The van der Waals surface area contributed by atoms with Gasteiger partial charge in [0.2, 0.25) is 5.91 Å². The van der Waals surface area contributed by atoms with Gasteiger partial charge >= 0.3 is 0 Å². The van der Waals surface area contributed by atoms with Crippen LogP contribution >= 0.6 is 0 Å². The average molecular weight is 260 g/mol. The Morgan fingerprint density at radius 2 is 1.89 bits per heavy atom. The Bertz CT molecular complexity index is 454. The number of carbonyl (C=O) groups is 1. The van der Waals surface area contributed by atoms with Crippen LogP contribution in [0.5, 0.6) is 0 Å². The highest BCUT2D eigenvalue weighted by atomic mass is 16.2. The highest BCUT2D eigenvalue weighted by Gasteiger charge is 2.17. The summed E-state index contributed by atoms with van der Waals surface area (Å²) in [6.45, 7) is 5.88. The van der Waals surface area contributed by atoms with Crippen molar-refractivity contribution >= 4 is 11.6 Å². The van der Waals surface area contributed by atoms with Crippen LogP contribution in [0.4, 0.5) is 5.69 Å². The third-order valence-electron chi connectivity index (χ3n) is 3.59. The van der Waals surface area contributed by atoms with E-state index in [-0.39, 0.29) is 18.0 Å². The second-order valence-electron chi connectivity index (χ2n) is 5.68. The minimum Gasteiger partial charge on any atom is -0.374 e. The lowest BCUT2D eigenvalue weighted by Crippen LogP contribution is -2.41. The van der Waals surface area contributed by atoms with Crippen molar-refractivity contribution < 1.29 is 4.79 Å². The molecule has 1 aliphatic rings. The van der Waals surface area contributed by atoms with Gasteiger partial charge in [0, 0.05) is 11.7 Å². The van der Waals surface area contributed by atoms with Crippen LogP contribution in [-0.2, 0) is 17.6 Å². The first-order valence-electron chi connectivity index (χ1n) is 7.25. The molecule has 0 saturated carbocycles. The summed E-state index contributed by atoms with van der Waals surface area (Å²) in [7, 11) is 0. The zero-order chi connectivity index (χ0) is 13.8. The topological polar surface area (TPSA) is 41.1 Å². The minimum absolute atomic E-state index is 0.0587. The smallest absolute Gasteiger partial charge is 0.242 e. The van der Waals surface area contributed by atoms with E-state index in [0.29, 0.717) is 0 Å². The van der Waals surface area contributed by atoms with Crippen LogP contribution in [0.1, 0.15) is 44.7 Å². The first-order chi connectivity index (χ1) is 9.08. The Morgan fingerprint density at radius 1 is 1.16 bits per heavy atom. The van der Waals surface area contributed by atoms with Gasteiger partial charge in [0.1, 0.15) is 6.04 Å². The molecular formula is C16H24N2O. The maximum absolute atomic E-state index is 12.0. The molecular weight excluding hydrogens is 236 g/mol. The molecule has 0 fully saturated rings. The third-order valence-corrected chi connectivity index (χ3v) is 3.59. The van der Waals surface area contributed by atoms with Crippen LogP contribution in [0.2, 0.25) is 0 Å². The molecule has 3 heteroatoms. The Kier molecular flexibility index (Phi) is 4.46. The maximum atomic E-state index is 12.0. The van der Waals surface area contributed by atoms with Gasteiger partial charge in [0.15, 0.2) is 0 Å². The summed E-state index contributed by atoms with van der Waals surface area (Å²) in [6, 6.07) is 6.36. The molecule has 1 atom stereocenters. The van der Waals surface area contributed by atoms with Gasteiger partial charge in [-0.1, -0.05) is 12.1 Å². The molecule has 0 saturated heterocycles. The number of amides is 1. The fourth-order valence-electron chi connectivity index (χ4n) is 2.62. The lowest BCUT2D eigenvalue weighted by atomic mass is 9.90. The van der Waals surface area contributed by atoms with Crippen LogP contribution < -0.4 is 10.6 Å². The number of nitrogens with one attached hydrogen (secondary N) is 2. The number of carbonyl (C=O) groups excluding carboxylic acids is 1. The molecule has 0 bridgehead atoms. The summed E-state index contributed by atoms with van der Waals surface area (Å²) in [4.78, 5) is 12.0. The fourth-order valence-corrected chi connectivity index (χ4v) is 2.62. The number of aryl methyl sites for hydroxylation is 1. The van der Waals surface area contributed by atoms with E-state index in [1.807, 2.05) is 20.8 Å². The predicted octanol–water partition coefficient (Wildman–Crippen LogP) is 2.89. The van der Waals surface area contributed by atoms with Crippen LogP contribution in [0, 0.1) is 0 Å². The van der Waals surface area contributed by atoms with Crippen molar-refractivity contribution in [3.8, 4) is 0 Å². The summed E-state index contributed by atoms with van der Waals surface area (Å²) in [5, 5.41) is 6.30. The molecule has 3 nitrogen and oxygen atoms in total. The zero-order valence-electron chi connectivity index (χ0n) is 12.1. The van der Waals surface area contributed by atoms with Crippen molar-refractivity contribution in [1.29, 1.82) is 0 Å². The molecule has 1 amide bonds. The number of rotatable bonds is 4. The van der Waals surface area contributed by atoms with Crippen molar-refractivity contribution in [1.82, 2.24) is 5.32 Å². The van der Waals surface area contributed by atoms with Gasteiger partial charge < -0.3 is 10.6 Å². The summed E-state index contributed by atoms with van der Waals surface area (Å²) in [6.07, 6.45) is 4.81. The van der Waals surface area contributed by atoms with Gasteiger partial charge in [-0.25, -0.2) is 0 Å². The van der Waals surface area contributed by atoms with Crippen LogP contribution in [0.25, 0.3) is 0 Å². The minimum atomic E-state index is -0.198.